The van der Waals surface area contributed by atoms with Crippen molar-refractivity contribution in [2.24, 2.45) is 14.1 Å². The van der Waals surface area contributed by atoms with E-state index in [-0.39, 0.29) is 111 Å². The average molecular weight is 1830 g/mol. The molecule has 0 fully saturated rings. The highest BCUT2D eigenvalue weighted by Crippen LogP contribution is 2.47. The normalized spacial score (nSPS) is 13.0. The third kappa shape index (κ3) is 14.2. The molecule has 0 bridgehead atoms. The Hall–Kier alpha value is -21.2. The predicted molar refractivity (Wildman–Crippen MR) is 442 cm³/mol. The first-order valence-electron chi connectivity index (χ1n) is 36.8. The number of fused-ring (bicyclic) bond motifs is 20. The van der Waals surface area contributed by atoms with E-state index in [1.807, 2.05) is 0 Å². The van der Waals surface area contributed by atoms with Gasteiger partial charge < -0.3 is 35.6 Å². The third-order valence-electron chi connectivity index (χ3n) is 20.4. The molecule has 10 aromatic carbocycles. The summed E-state index contributed by atoms with van der Waals surface area (Å²) in [6.45, 7) is 59.6. The smallest absolute Gasteiger partial charge is 0.417 e. The maximum Gasteiger partial charge on any atom is 0.417 e. The molecule has 0 aliphatic rings. The predicted octanol–water partition coefficient (Wildman–Crippen LogP) is 15.5. The lowest BCUT2D eigenvalue weighted by Gasteiger charge is -2.16. The standard InChI is InChI=1S/C34H14F6N6O2.C20H6F4N8.C18F4N6O2.C18H4N6O2/c1-15-5-7-20(23(9-15)34(38,39)40)21-11-17-12-22(19-8-6-18(10-16(19)2)33(35,36)37)29-28(46-32(47-29)25(14-42)44-4)26(17)30-27(21)45-31(48-30)24(13-41)43-3;1-27-7(5-25)19-29-15-10-9(12(22)14(24)18(15)32(19)4)11(21)13(23)16-17(10)31(3)20(30-16)8(6-26)28-2;1-25-5(3-23)17-27-13-11(21)10(20)8-7(15(13)29-17)9(19)12(22)14-16(8)30-18(28-14)6(4-24)26-2;1-21-13(7-19)17-23-11-5-3-10-9(15(11)25-17)4-6-12-16(10)26-18(24-12)14(8-20)22-2/h5-12H,1-2H3;3-4H3;;3-6H/b31-24+,32-25+;19-7+,20-8+;17-5-,18-6+;17-13-,18-14+. The summed E-state index contributed by atoms with van der Waals surface area (Å²) in [7, 11) is 2.51. The van der Waals surface area contributed by atoms with Crippen LogP contribution in [-0.4, -0.2) is 49.0 Å². The molecule has 46 heteroatoms. The Labute approximate surface area is 741 Å². The van der Waals surface area contributed by atoms with Crippen LogP contribution in [0.1, 0.15) is 22.3 Å². The van der Waals surface area contributed by atoms with Gasteiger partial charge in [-0.15, -0.1) is 0 Å². The van der Waals surface area contributed by atoms with Crippen LogP contribution >= 0.6 is 0 Å². The first kappa shape index (κ1) is 89.6. The van der Waals surface area contributed by atoms with E-state index in [2.05, 4.69) is 78.6 Å². The van der Waals surface area contributed by atoms with Gasteiger partial charge in [0, 0.05) is 41.4 Å². The number of imidazole rings is 2. The second kappa shape index (κ2) is 33.9. The molecule has 8 aromatic heterocycles. The van der Waals surface area contributed by atoms with Gasteiger partial charge in [0.1, 0.15) is 60.6 Å². The quantitative estimate of drug-likeness (QED) is 0.115. The molecule has 0 aliphatic carbocycles. The summed E-state index contributed by atoms with van der Waals surface area (Å²) in [6, 6.07) is 29.1. The lowest BCUT2D eigenvalue weighted by molar-refractivity contribution is -0.138. The van der Waals surface area contributed by atoms with Crippen molar-refractivity contribution in [3.8, 4) is 70.8 Å². The van der Waals surface area contributed by atoms with Gasteiger partial charge in [-0.2, -0.15) is 26.3 Å². The lowest BCUT2D eigenvalue weighted by atomic mass is 9.91. The third-order valence-corrected chi connectivity index (χ3v) is 20.4. The summed E-state index contributed by atoms with van der Waals surface area (Å²) in [6.07, 6.45) is -9.46. The van der Waals surface area contributed by atoms with E-state index in [1.54, 1.807) is 60.7 Å². The Morgan fingerprint density at radius 2 is 0.676 bits per heavy atom. The van der Waals surface area contributed by atoms with E-state index in [1.165, 1.54) is 70.4 Å². The van der Waals surface area contributed by atoms with Crippen molar-refractivity contribution in [1.29, 1.82) is 42.1 Å². The Kier molecular flexibility index (Phi) is 22.3. The van der Waals surface area contributed by atoms with Crippen molar-refractivity contribution in [2.75, 3.05) is 0 Å². The summed E-state index contributed by atoms with van der Waals surface area (Å²) in [5, 5.41) is 71.4. The van der Waals surface area contributed by atoms with Gasteiger partial charge >= 0.3 is 57.9 Å². The lowest BCUT2D eigenvalue weighted by Crippen LogP contribution is -2.17. The molecule has 0 amide bonds. The van der Waals surface area contributed by atoms with Crippen molar-refractivity contribution in [2.45, 2.75) is 26.2 Å². The minimum atomic E-state index is -4.81. The molecule has 0 saturated heterocycles. The molecule has 0 saturated carbocycles. The van der Waals surface area contributed by atoms with Crippen molar-refractivity contribution in [3.05, 3.63) is 277 Å². The molecule has 0 atom stereocenters. The Bertz CT molecular complexity index is 9660. The number of oxazole rings is 6. The number of halogens is 14. The van der Waals surface area contributed by atoms with Gasteiger partial charge in [0.2, 0.25) is 33.3 Å². The highest BCUT2D eigenvalue weighted by atomic mass is 19.4. The molecule has 648 valence electrons. The number of hydrogen-bond acceptors (Lipinski definition) is 22. The average Bonchev–Trinajstić information content (AvgIpc) is 1.54. The highest BCUT2D eigenvalue weighted by Gasteiger charge is 2.38. The number of rotatable bonds is 2. The summed E-state index contributed by atoms with van der Waals surface area (Å²) in [4.78, 5) is 55.9. The van der Waals surface area contributed by atoms with Crippen LogP contribution in [0.25, 0.3) is 238 Å². The number of alkyl halides is 6. The molecule has 0 radical (unpaired) electrons. The van der Waals surface area contributed by atoms with Crippen LogP contribution in [-0.2, 0) is 26.4 Å². The van der Waals surface area contributed by atoms with E-state index in [0.717, 1.165) is 27.3 Å². The van der Waals surface area contributed by atoms with Gasteiger partial charge in [0.15, 0.2) is 80.0 Å². The molecular weight excluding hydrogens is 1810 g/mol. The molecule has 18 rings (SSSR count). The van der Waals surface area contributed by atoms with Crippen LogP contribution < -0.4 is 44.2 Å². The minimum Gasteiger partial charge on any atom is -0.445 e. The zero-order chi connectivity index (χ0) is 98.2. The van der Waals surface area contributed by atoms with Gasteiger partial charge in [-0.05, 0) is 90.5 Å². The Morgan fingerprint density at radius 3 is 1.10 bits per heavy atom. The number of nitrogens with zero attached hydrogens (tertiary/aromatic N) is 26. The summed E-state index contributed by atoms with van der Waals surface area (Å²) in [5.41, 5.74) is -12.4. The fraction of sp³-hybridized carbons (Fsp3) is 0.0667. The van der Waals surface area contributed by atoms with E-state index in [9.17, 15) is 77.3 Å². The summed E-state index contributed by atoms with van der Waals surface area (Å²) in [5.74, 6) is -13.3. The highest BCUT2D eigenvalue weighted by molar-refractivity contribution is 6.23. The van der Waals surface area contributed by atoms with Gasteiger partial charge in [-0.3, -0.25) is 0 Å². The van der Waals surface area contributed by atoms with Gasteiger partial charge in [-0.1, -0.05) is 23.8 Å². The Balaban J connectivity index is 0.000000142. The molecule has 0 unspecified atom stereocenters. The number of aryl methyl sites for hydroxylation is 4. The van der Waals surface area contributed by atoms with Crippen molar-refractivity contribution in [1.82, 2.24) is 49.0 Å². The zero-order valence-electron chi connectivity index (χ0n) is 67.3. The fourth-order valence-electron chi connectivity index (χ4n) is 14.5. The molecule has 32 nitrogen and oxygen atoms in total. The largest absolute Gasteiger partial charge is 0.445 e. The second-order valence-electron chi connectivity index (χ2n) is 27.7. The van der Waals surface area contributed by atoms with Gasteiger partial charge in [0.25, 0.3) is 0 Å². The second-order valence-corrected chi connectivity index (χ2v) is 27.7. The van der Waals surface area contributed by atoms with E-state index < -0.39 is 176 Å². The number of hydrogen-bond donors (Lipinski definition) is 0. The van der Waals surface area contributed by atoms with Crippen LogP contribution in [0.3, 0.4) is 0 Å². The van der Waals surface area contributed by atoms with Crippen molar-refractivity contribution >= 4 is 177 Å². The molecule has 136 heavy (non-hydrogen) atoms. The number of aromatic nitrogens is 10. The maximum absolute atomic E-state index is 15.0. The van der Waals surface area contributed by atoms with Crippen LogP contribution in [0.4, 0.5) is 61.5 Å². The zero-order valence-corrected chi connectivity index (χ0v) is 67.3. The van der Waals surface area contributed by atoms with Crippen molar-refractivity contribution in [3.63, 3.8) is 0 Å². The molecule has 8 heterocycles. The topological polar surface area (TPSA) is 417 Å². The molecule has 0 N–H and O–H groups in total. The van der Waals surface area contributed by atoms with Crippen LogP contribution in [0.2, 0.25) is 0 Å². The van der Waals surface area contributed by atoms with Crippen LogP contribution in [0.15, 0.2) is 99.3 Å². The van der Waals surface area contributed by atoms with Crippen molar-refractivity contribution < 1.29 is 88.0 Å². The SMILES string of the molecule is [C-]#[N+]/C(C#N)=c1/nc2c(F)c(F)c3c4o/c(=C(\C#N)[N+]#[C-])nc4c(F)c(F)c3c2o1.[C-]#[N+]/C(C#N)=c1/nc2ccc3c(ccc4n/c(=C(/C#N)[N+]#[C-])oc43)c2o1.[C-]#[N+]/C(C#N)=c1\nc2c(o1)c(-c1ccc(C(F)(F)F)cc1C)cc1cc(-c3ccc(C)cc3C(F)(F)F)c3n/c(=C(/C#N)[N+]#[C-])oc3c12.[C-]#[N+]/C(C#N)=c1\nc2c3c(c(F)c(F)c4n/c(=C(/C#N)[N+]#[C-])n(C)c43)c(F)c(F)c2n1C. The van der Waals surface area contributed by atoms with Gasteiger partial charge in [0.05, 0.1) is 139 Å². The number of nitriles is 8. The summed E-state index contributed by atoms with van der Waals surface area (Å²) < 4.78 is 237. The summed E-state index contributed by atoms with van der Waals surface area (Å²) >= 11 is 0. The molecule has 0 spiro atoms. The van der Waals surface area contributed by atoms with E-state index in [4.69, 9.17) is 105 Å². The fourth-order valence-corrected chi connectivity index (χ4v) is 14.5. The first-order valence-corrected chi connectivity index (χ1v) is 36.8. The minimum absolute atomic E-state index is 0.0449. The van der Waals surface area contributed by atoms with E-state index in [0.29, 0.717) is 38.5 Å². The van der Waals surface area contributed by atoms with Crippen LogP contribution in [0, 0.1) is 204 Å². The monoisotopic (exact) mass is 1830 g/mol. The maximum atomic E-state index is 15.0. The molecule has 18 aromatic rings. The van der Waals surface area contributed by atoms with Crippen LogP contribution in [0.5, 0.6) is 0 Å². The number of benzene rings is 10. The first-order chi connectivity index (χ1) is 65.0. The molecular formula is C90H24F14N26O6. The Morgan fingerprint density at radius 1 is 0.316 bits per heavy atom. The van der Waals surface area contributed by atoms with Gasteiger partial charge in [-0.25, -0.2) is 156 Å². The van der Waals surface area contributed by atoms with E-state index >= 15 is 0 Å². The molecule has 0 aliphatic heterocycles.